The summed E-state index contributed by atoms with van der Waals surface area (Å²) in [6, 6.07) is 4.72. The molecule has 0 aromatic heterocycles. The Morgan fingerprint density at radius 3 is 1.41 bits per heavy atom. The van der Waals surface area contributed by atoms with Gasteiger partial charge in [0.15, 0.2) is 0 Å². The monoisotopic (exact) mass is 304 g/mol. The van der Waals surface area contributed by atoms with Crippen LogP contribution in [0.1, 0.15) is 92.3 Å². The predicted molar refractivity (Wildman–Crippen MR) is 98.3 cm³/mol. The second-order valence-electron chi connectivity index (χ2n) is 9.50. The fourth-order valence-corrected chi connectivity index (χ4v) is 2.54. The fraction of sp³-hybridized carbons (Fsp3) is 0.714. The summed E-state index contributed by atoms with van der Waals surface area (Å²) in [5.74, 6) is 1.11. The van der Waals surface area contributed by atoms with Gasteiger partial charge in [-0.15, -0.1) is 0 Å². The zero-order valence-corrected chi connectivity index (χ0v) is 16.5. The molecule has 0 N–H and O–H groups in total. The quantitative estimate of drug-likeness (QED) is 0.630. The van der Waals surface area contributed by atoms with E-state index in [4.69, 9.17) is 4.74 Å². The van der Waals surface area contributed by atoms with Crippen LogP contribution in [-0.2, 0) is 16.2 Å². The van der Waals surface area contributed by atoms with E-state index in [1.54, 1.807) is 0 Å². The number of hydrogen-bond acceptors (Lipinski definition) is 1. The standard InChI is InChI=1S/C21H36O/c1-11-12-22-18-16(20(5,6)7)13-15(19(2,3)4)14-17(18)21(8,9)10/h13-14H,11-12H2,1-10H3. The summed E-state index contributed by atoms with van der Waals surface area (Å²) in [6.45, 7) is 23.5. The van der Waals surface area contributed by atoms with Crippen molar-refractivity contribution in [2.24, 2.45) is 0 Å². The SMILES string of the molecule is CCCOc1c(C(C)(C)C)cc(C(C)(C)C)cc1C(C)(C)C. The van der Waals surface area contributed by atoms with Crippen LogP contribution in [0.5, 0.6) is 5.75 Å². The van der Waals surface area contributed by atoms with Crippen LogP contribution in [0.2, 0.25) is 0 Å². The van der Waals surface area contributed by atoms with Crippen molar-refractivity contribution in [3.63, 3.8) is 0 Å². The van der Waals surface area contributed by atoms with Gasteiger partial charge in [0.1, 0.15) is 5.75 Å². The summed E-state index contributed by atoms with van der Waals surface area (Å²) in [7, 11) is 0. The lowest BCUT2D eigenvalue weighted by Gasteiger charge is -2.33. The first-order valence-corrected chi connectivity index (χ1v) is 8.60. The maximum Gasteiger partial charge on any atom is 0.126 e. The highest BCUT2D eigenvalue weighted by Crippen LogP contribution is 2.42. The predicted octanol–water partition coefficient (Wildman–Crippen LogP) is 6.37. The molecule has 1 rings (SSSR count). The Kier molecular flexibility index (Phi) is 5.42. The van der Waals surface area contributed by atoms with Crippen molar-refractivity contribution in [2.45, 2.75) is 91.9 Å². The summed E-state index contributed by atoms with van der Waals surface area (Å²) in [6.07, 6.45) is 1.04. The van der Waals surface area contributed by atoms with Crippen LogP contribution in [-0.4, -0.2) is 6.61 Å². The summed E-state index contributed by atoms with van der Waals surface area (Å²) < 4.78 is 6.24. The lowest BCUT2D eigenvalue weighted by atomic mass is 9.74. The Labute approximate surface area is 138 Å². The van der Waals surface area contributed by atoms with E-state index in [-0.39, 0.29) is 16.2 Å². The van der Waals surface area contributed by atoms with Crippen LogP contribution in [0.3, 0.4) is 0 Å². The minimum absolute atomic E-state index is 0.0737. The Bertz CT molecular complexity index is 469. The van der Waals surface area contributed by atoms with Crippen molar-refractivity contribution < 1.29 is 4.74 Å². The first-order chi connectivity index (χ1) is 9.78. The molecule has 0 unspecified atom stereocenters. The Morgan fingerprint density at radius 2 is 1.14 bits per heavy atom. The maximum absolute atomic E-state index is 6.24. The highest BCUT2D eigenvalue weighted by molar-refractivity contribution is 5.52. The Morgan fingerprint density at radius 1 is 0.727 bits per heavy atom. The first-order valence-electron chi connectivity index (χ1n) is 8.60. The molecular weight excluding hydrogens is 268 g/mol. The lowest BCUT2D eigenvalue weighted by molar-refractivity contribution is 0.299. The normalized spacial score (nSPS) is 13.4. The molecular formula is C21H36O. The average Bonchev–Trinajstić information content (AvgIpc) is 2.31. The fourth-order valence-electron chi connectivity index (χ4n) is 2.54. The average molecular weight is 305 g/mol. The molecule has 126 valence electrons. The summed E-state index contributed by atoms with van der Waals surface area (Å²) in [5.41, 5.74) is 4.35. The molecule has 0 fully saturated rings. The molecule has 22 heavy (non-hydrogen) atoms. The van der Waals surface area contributed by atoms with Gasteiger partial charge in [0.05, 0.1) is 6.61 Å². The van der Waals surface area contributed by atoms with Crippen molar-refractivity contribution in [3.05, 3.63) is 28.8 Å². The summed E-state index contributed by atoms with van der Waals surface area (Å²) in [5, 5.41) is 0. The minimum atomic E-state index is 0.0737. The van der Waals surface area contributed by atoms with Crippen molar-refractivity contribution in [1.29, 1.82) is 0 Å². The van der Waals surface area contributed by atoms with Gasteiger partial charge < -0.3 is 4.74 Å². The van der Waals surface area contributed by atoms with E-state index in [0.717, 1.165) is 18.8 Å². The molecule has 0 bridgehead atoms. The van der Waals surface area contributed by atoms with Gasteiger partial charge in [-0.3, -0.25) is 0 Å². The molecule has 0 saturated carbocycles. The maximum atomic E-state index is 6.24. The van der Waals surface area contributed by atoms with Crippen LogP contribution in [0, 0.1) is 0 Å². The van der Waals surface area contributed by atoms with Gasteiger partial charge in [-0.2, -0.15) is 0 Å². The van der Waals surface area contributed by atoms with Gasteiger partial charge in [0, 0.05) is 11.1 Å². The highest BCUT2D eigenvalue weighted by Gasteiger charge is 2.29. The number of ether oxygens (including phenoxy) is 1. The van der Waals surface area contributed by atoms with Gasteiger partial charge in [-0.25, -0.2) is 0 Å². The topological polar surface area (TPSA) is 9.23 Å². The summed E-state index contributed by atoms with van der Waals surface area (Å²) >= 11 is 0. The number of rotatable bonds is 3. The third-order valence-electron chi connectivity index (χ3n) is 4.02. The molecule has 0 saturated heterocycles. The van der Waals surface area contributed by atoms with Gasteiger partial charge in [-0.05, 0) is 28.2 Å². The molecule has 0 aliphatic rings. The molecule has 1 nitrogen and oxygen atoms in total. The largest absolute Gasteiger partial charge is 0.493 e. The van der Waals surface area contributed by atoms with Gasteiger partial charge in [0.25, 0.3) is 0 Å². The highest BCUT2D eigenvalue weighted by atomic mass is 16.5. The molecule has 1 heteroatoms. The molecule has 1 aromatic rings. The van der Waals surface area contributed by atoms with E-state index in [9.17, 15) is 0 Å². The molecule has 0 aliphatic carbocycles. The van der Waals surface area contributed by atoms with Gasteiger partial charge in [-0.1, -0.05) is 81.4 Å². The van der Waals surface area contributed by atoms with Crippen LogP contribution in [0.15, 0.2) is 12.1 Å². The van der Waals surface area contributed by atoms with Gasteiger partial charge >= 0.3 is 0 Å². The third kappa shape index (κ3) is 4.51. The van der Waals surface area contributed by atoms with E-state index in [1.807, 2.05) is 0 Å². The third-order valence-corrected chi connectivity index (χ3v) is 4.02. The number of benzene rings is 1. The second-order valence-corrected chi connectivity index (χ2v) is 9.50. The molecule has 0 heterocycles. The first kappa shape index (κ1) is 19.1. The smallest absolute Gasteiger partial charge is 0.126 e. The number of hydrogen-bond donors (Lipinski definition) is 0. The second kappa shape index (κ2) is 6.26. The minimum Gasteiger partial charge on any atom is -0.493 e. The van der Waals surface area contributed by atoms with Crippen LogP contribution in [0.4, 0.5) is 0 Å². The van der Waals surface area contributed by atoms with Crippen molar-refractivity contribution in [2.75, 3.05) is 6.61 Å². The Hall–Kier alpha value is -0.980. The van der Waals surface area contributed by atoms with E-state index in [0.29, 0.717) is 0 Å². The zero-order valence-electron chi connectivity index (χ0n) is 16.5. The van der Waals surface area contributed by atoms with Crippen molar-refractivity contribution in [1.82, 2.24) is 0 Å². The van der Waals surface area contributed by atoms with Crippen molar-refractivity contribution in [3.8, 4) is 5.75 Å². The summed E-state index contributed by atoms with van der Waals surface area (Å²) in [4.78, 5) is 0. The van der Waals surface area contributed by atoms with Crippen LogP contribution >= 0.6 is 0 Å². The van der Waals surface area contributed by atoms with E-state index in [1.165, 1.54) is 16.7 Å². The van der Waals surface area contributed by atoms with Crippen LogP contribution in [0.25, 0.3) is 0 Å². The van der Waals surface area contributed by atoms with E-state index in [2.05, 4.69) is 81.4 Å². The molecule has 0 aliphatic heterocycles. The van der Waals surface area contributed by atoms with Crippen LogP contribution < -0.4 is 4.74 Å². The van der Waals surface area contributed by atoms with Gasteiger partial charge in [0.2, 0.25) is 0 Å². The molecule has 1 aromatic carbocycles. The molecule has 0 spiro atoms. The van der Waals surface area contributed by atoms with Crippen molar-refractivity contribution >= 4 is 0 Å². The molecule has 0 amide bonds. The molecule has 0 atom stereocenters. The lowest BCUT2D eigenvalue weighted by Crippen LogP contribution is -2.23. The molecule has 0 radical (unpaired) electrons. The Balaban J connectivity index is 3.70. The zero-order chi connectivity index (χ0) is 17.3. The van der Waals surface area contributed by atoms with E-state index >= 15 is 0 Å². The van der Waals surface area contributed by atoms with E-state index < -0.39 is 0 Å².